The van der Waals surface area contributed by atoms with Crippen molar-refractivity contribution < 1.29 is 4.79 Å². The summed E-state index contributed by atoms with van der Waals surface area (Å²) >= 11 is 1.71. The minimum atomic E-state index is 0.0229. The van der Waals surface area contributed by atoms with Crippen LogP contribution in [0.25, 0.3) is 10.2 Å². The number of hydrogen-bond acceptors (Lipinski definition) is 5. The fourth-order valence-electron chi connectivity index (χ4n) is 5.24. The largest absolute Gasteiger partial charge is 0.340 e. The number of H-pyrrole nitrogens is 1. The van der Waals surface area contributed by atoms with Gasteiger partial charge in [-0.05, 0) is 50.0 Å². The van der Waals surface area contributed by atoms with Crippen molar-refractivity contribution in [3.8, 4) is 0 Å². The molecule has 2 aromatic rings. The molecule has 1 saturated carbocycles. The molecule has 0 bridgehead atoms. The third-order valence-corrected chi connectivity index (χ3v) is 8.10. The van der Waals surface area contributed by atoms with Crippen molar-refractivity contribution in [3.05, 3.63) is 26.6 Å². The molecule has 0 atom stereocenters. The van der Waals surface area contributed by atoms with E-state index in [1.807, 2.05) is 4.90 Å². The molecule has 6 nitrogen and oxygen atoms in total. The van der Waals surface area contributed by atoms with Gasteiger partial charge in [-0.15, -0.1) is 11.3 Å². The highest BCUT2D eigenvalue weighted by molar-refractivity contribution is 7.18. The van der Waals surface area contributed by atoms with Crippen molar-refractivity contribution in [1.29, 1.82) is 0 Å². The van der Waals surface area contributed by atoms with E-state index in [0.29, 0.717) is 18.4 Å². The normalized spacial score (nSPS) is 21.0. The van der Waals surface area contributed by atoms with Crippen LogP contribution < -0.4 is 5.56 Å². The minimum Gasteiger partial charge on any atom is -0.340 e. The van der Waals surface area contributed by atoms with Gasteiger partial charge in [0.05, 0.1) is 11.9 Å². The van der Waals surface area contributed by atoms with Crippen LogP contribution in [0.4, 0.5) is 0 Å². The van der Waals surface area contributed by atoms with Crippen LogP contribution in [0.5, 0.6) is 0 Å². The van der Waals surface area contributed by atoms with Crippen LogP contribution in [0.1, 0.15) is 61.2 Å². The molecule has 2 aliphatic carbocycles. The number of piperazine rings is 1. The van der Waals surface area contributed by atoms with Crippen LogP contribution in [0, 0.1) is 5.92 Å². The molecule has 0 spiro atoms. The number of thiophene rings is 1. The van der Waals surface area contributed by atoms with Crippen molar-refractivity contribution in [1.82, 2.24) is 19.8 Å². The summed E-state index contributed by atoms with van der Waals surface area (Å²) in [6, 6.07) is 0. The Kier molecular flexibility index (Phi) is 5.43. The highest BCUT2D eigenvalue weighted by Gasteiger charge is 2.26. The topological polar surface area (TPSA) is 69.3 Å². The number of fused-ring (bicyclic) bond motifs is 3. The lowest BCUT2D eigenvalue weighted by Crippen LogP contribution is -2.48. The third kappa shape index (κ3) is 3.99. The van der Waals surface area contributed by atoms with Crippen LogP contribution in [0.2, 0.25) is 0 Å². The fraction of sp³-hybridized carbons (Fsp3) is 0.682. The molecular formula is C22H30N4O2S. The molecule has 1 amide bonds. The predicted molar refractivity (Wildman–Crippen MR) is 115 cm³/mol. The molecule has 156 valence electrons. The van der Waals surface area contributed by atoms with E-state index >= 15 is 0 Å². The second-order valence-corrected chi connectivity index (χ2v) is 10.00. The van der Waals surface area contributed by atoms with E-state index in [4.69, 9.17) is 4.98 Å². The summed E-state index contributed by atoms with van der Waals surface area (Å²) in [6.45, 7) is 3.91. The number of aromatic amines is 1. The molecular weight excluding hydrogens is 384 g/mol. The van der Waals surface area contributed by atoms with E-state index in [2.05, 4.69) is 9.88 Å². The highest BCUT2D eigenvalue weighted by Crippen LogP contribution is 2.33. The van der Waals surface area contributed by atoms with Crippen molar-refractivity contribution in [2.24, 2.45) is 5.92 Å². The second kappa shape index (κ2) is 8.19. The maximum atomic E-state index is 12.7. The van der Waals surface area contributed by atoms with Crippen molar-refractivity contribution >= 4 is 27.5 Å². The maximum absolute atomic E-state index is 12.7. The lowest BCUT2D eigenvalue weighted by Gasteiger charge is -2.35. The monoisotopic (exact) mass is 414 g/mol. The number of aryl methyl sites for hydroxylation is 2. The Hall–Kier alpha value is -1.73. The predicted octanol–water partition coefficient (Wildman–Crippen LogP) is 3.09. The average molecular weight is 415 g/mol. The minimum absolute atomic E-state index is 0.0229. The third-order valence-electron chi connectivity index (χ3n) is 6.91. The maximum Gasteiger partial charge on any atom is 0.259 e. The van der Waals surface area contributed by atoms with Gasteiger partial charge in [-0.1, -0.05) is 12.8 Å². The molecule has 0 radical (unpaired) electrons. The number of nitrogens with one attached hydrogen (secondary N) is 1. The number of carbonyl (C=O) groups excluding carboxylic acids is 1. The van der Waals surface area contributed by atoms with E-state index in [-0.39, 0.29) is 5.56 Å². The van der Waals surface area contributed by atoms with E-state index in [9.17, 15) is 9.59 Å². The van der Waals surface area contributed by atoms with Gasteiger partial charge in [-0.25, -0.2) is 4.98 Å². The number of amides is 1. The van der Waals surface area contributed by atoms with E-state index < -0.39 is 0 Å². The summed E-state index contributed by atoms with van der Waals surface area (Å²) in [7, 11) is 0. The van der Waals surface area contributed by atoms with E-state index in [1.165, 1.54) is 49.0 Å². The Morgan fingerprint density at radius 3 is 2.62 bits per heavy atom. The molecule has 7 heteroatoms. The quantitative estimate of drug-likeness (QED) is 0.835. The smallest absolute Gasteiger partial charge is 0.259 e. The first-order valence-corrected chi connectivity index (χ1v) is 12.0. The van der Waals surface area contributed by atoms with Crippen LogP contribution in [-0.2, 0) is 24.2 Å². The summed E-state index contributed by atoms with van der Waals surface area (Å²) < 4.78 is 0. The number of hydrogen-bond donors (Lipinski definition) is 1. The van der Waals surface area contributed by atoms with Crippen LogP contribution in [0.15, 0.2) is 4.79 Å². The second-order valence-electron chi connectivity index (χ2n) is 8.92. The average Bonchev–Trinajstić information content (AvgIpc) is 3.35. The zero-order valence-electron chi connectivity index (χ0n) is 17.0. The van der Waals surface area contributed by atoms with Gasteiger partial charge in [0.25, 0.3) is 5.56 Å². The molecule has 29 heavy (non-hydrogen) atoms. The molecule has 2 aromatic heterocycles. The summed E-state index contributed by atoms with van der Waals surface area (Å²) in [5, 5.41) is 0.829. The van der Waals surface area contributed by atoms with Crippen molar-refractivity contribution in [2.75, 3.05) is 26.2 Å². The molecule has 0 unspecified atom stereocenters. The summed E-state index contributed by atoms with van der Waals surface area (Å²) in [5.74, 6) is 1.69. The van der Waals surface area contributed by atoms with E-state index in [0.717, 1.165) is 61.5 Å². The van der Waals surface area contributed by atoms with Crippen LogP contribution in [0.3, 0.4) is 0 Å². The Labute approximate surface area is 175 Å². The molecule has 0 aromatic carbocycles. The van der Waals surface area contributed by atoms with E-state index in [1.54, 1.807) is 11.3 Å². The van der Waals surface area contributed by atoms with Gasteiger partial charge in [0, 0.05) is 37.5 Å². The SMILES string of the molecule is O=C(CC1CCCC1)N1CCN(Cc2nc3sc4c(c3c(=O)[nH]2)CCCC4)CC1. The Morgan fingerprint density at radius 2 is 1.83 bits per heavy atom. The Balaban J connectivity index is 1.22. The fourth-order valence-corrected chi connectivity index (χ4v) is 6.52. The Morgan fingerprint density at radius 1 is 1.07 bits per heavy atom. The molecule has 2 fully saturated rings. The number of aromatic nitrogens is 2. The number of nitrogens with zero attached hydrogens (tertiary/aromatic N) is 3. The van der Waals surface area contributed by atoms with Crippen LogP contribution >= 0.6 is 11.3 Å². The summed E-state index contributed by atoms with van der Waals surface area (Å²) in [4.78, 5) is 39.7. The molecule has 3 heterocycles. The van der Waals surface area contributed by atoms with Crippen LogP contribution in [-0.4, -0.2) is 51.9 Å². The van der Waals surface area contributed by atoms with Gasteiger partial charge in [-0.2, -0.15) is 0 Å². The standard InChI is InChI=1S/C22H30N4O2S/c27-19(13-15-5-1-2-6-15)26-11-9-25(10-12-26)14-18-23-21(28)20-16-7-3-4-8-17(16)29-22(20)24-18/h15H,1-14H2,(H,23,24,28). The van der Waals surface area contributed by atoms with Crippen molar-refractivity contribution in [2.45, 2.75) is 64.3 Å². The molecule has 1 N–H and O–H groups in total. The first-order valence-electron chi connectivity index (χ1n) is 11.2. The van der Waals surface area contributed by atoms with Gasteiger partial charge < -0.3 is 9.88 Å². The van der Waals surface area contributed by atoms with Crippen molar-refractivity contribution in [3.63, 3.8) is 0 Å². The molecule has 3 aliphatic rings. The molecule has 1 aliphatic heterocycles. The zero-order valence-corrected chi connectivity index (χ0v) is 17.9. The van der Waals surface area contributed by atoms with Gasteiger partial charge >= 0.3 is 0 Å². The number of carbonyl (C=O) groups is 1. The first-order chi connectivity index (χ1) is 14.2. The lowest BCUT2D eigenvalue weighted by molar-refractivity contribution is -0.134. The summed E-state index contributed by atoms with van der Waals surface area (Å²) in [5.41, 5.74) is 1.26. The summed E-state index contributed by atoms with van der Waals surface area (Å²) in [6.07, 6.45) is 10.2. The first kappa shape index (κ1) is 19.2. The highest BCUT2D eigenvalue weighted by atomic mass is 32.1. The molecule has 5 rings (SSSR count). The van der Waals surface area contributed by atoms with Gasteiger partial charge in [0.1, 0.15) is 10.7 Å². The number of rotatable bonds is 4. The Bertz CT molecular complexity index is 952. The lowest BCUT2D eigenvalue weighted by atomic mass is 9.97. The molecule has 1 saturated heterocycles. The zero-order chi connectivity index (χ0) is 19.8. The van der Waals surface area contributed by atoms with Gasteiger partial charge in [0.2, 0.25) is 5.91 Å². The van der Waals surface area contributed by atoms with Gasteiger partial charge in [0.15, 0.2) is 0 Å². The van der Waals surface area contributed by atoms with Gasteiger partial charge in [-0.3, -0.25) is 14.5 Å².